The smallest absolute Gasteiger partial charge is 0.262 e. The molecule has 1 unspecified atom stereocenters. The van der Waals surface area contributed by atoms with E-state index in [1.54, 1.807) is 43.5 Å². The summed E-state index contributed by atoms with van der Waals surface area (Å²) >= 11 is 1.35. The standard InChI is InChI=1S/C31H36N2O8S2/c1-38-24-10-12-25(13-11-24)40-21-29(35)32-23-8-6-7-22(19-23)26-14-15-27(42-26)31(16-3-5-18-43(31,36)37)20-28(34)33-41-30-9-2-4-17-39-30/h6-8,10-15,19,30H,2-5,9,16-18,20-21H2,1H3,(H,32,35)(H,33,34)/t30?,31-/m0/s1. The number of anilines is 1. The number of hydroxylamine groups is 1. The lowest BCUT2D eigenvalue weighted by Gasteiger charge is -2.35. The number of nitrogens with one attached hydrogen (secondary N) is 2. The Morgan fingerprint density at radius 2 is 1.81 bits per heavy atom. The van der Waals surface area contributed by atoms with Crippen LogP contribution in [0.2, 0.25) is 0 Å². The molecule has 3 aromatic rings. The first kappa shape index (κ1) is 31.0. The van der Waals surface area contributed by atoms with Crippen LogP contribution in [0.3, 0.4) is 0 Å². The SMILES string of the molecule is COc1ccc(OCC(=O)Nc2cccc(-c3ccc([C@@]4(CC(=O)NOC5CCCCO5)CCCCS4(=O)=O)s3)c2)cc1. The van der Waals surface area contributed by atoms with Crippen LogP contribution in [-0.4, -0.2) is 52.6 Å². The molecule has 0 spiro atoms. The number of sulfone groups is 1. The summed E-state index contributed by atoms with van der Waals surface area (Å²) in [5.74, 6) is 0.458. The Balaban J connectivity index is 1.27. The summed E-state index contributed by atoms with van der Waals surface area (Å²) in [5, 5.41) is 2.85. The Morgan fingerprint density at radius 3 is 2.56 bits per heavy atom. The van der Waals surface area contributed by atoms with E-state index in [0.717, 1.165) is 23.3 Å². The Hall–Kier alpha value is -3.45. The molecule has 3 heterocycles. The van der Waals surface area contributed by atoms with Crippen molar-refractivity contribution in [2.75, 3.05) is 31.4 Å². The average molecular weight is 629 g/mol. The highest BCUT2D eigenvalue weighted by molar-refractivity contribution is 7.92. The summed E-state index contributed by atoms with van der Waals surface area (Å²) in [6.07, 6.45) is 3.44. The Kier molecular flexibility index (Phi) is 10.0. The summed E-state index contributed by atoms with van der Waals surface area (Å²) in [6.45, 7) is 0.401. The Morgan fingerprint density at radius 1 is 1.00 bits per heavy atom. The van der Waals surface area contributed by atoms with E-state index in [9.17, 15) is 18.0 Å². The number of carbonyl (C=O) groups excluding carboxylic acids is 2. The van der Waals surface area contributed by atoms with Crippen molar-refractivity contribution in [3.8, 4) is 21.9 Å². The maximum Gasteiger partial charge on any atom is 0.262 e. The van der Waals surface area contributed by atoms with Gasteiger partial charge in [0.25, 0.3) is 5.91 Å². The molecule has 5 rings (SSSR count). The van der Waals surface area contributed by atoms with Crippen molar-refractivity contribution in [3.63, 3.8) is 0 Å². The molecule has 2 aliphatic rings. The van der Waals surface area contributed by atoms with Crippen molar-refractivity contribution in [2.24, 2.45) is 0 Å². The number of methoxy groups -OCH3 is 1. The zero-order chi connectivity index (χ0) is 30.3. The van der Waals surface area contributed by atoms with Gasteiger partial charge >= 0.3 is 0 Å². The van der Waals surface area contributed by atoms with E-state index in [0.29, 0.717) is 54.4 Å². The largest absolute Gasteiger partial charge is 0.497 e. The lowest BCUT2D eigenvalue weighted by Crippen LogP contribution is -2.45. The molecule has 0 aliphatic carbocycles. The molecule has 12 heteroatoms. The van der Waals surface area contributed by atoms with Crippen LogP contribution >= 0.6 is 11.3 Å². The van der Waals surface area contributed by atoms with E-state index >= 15 is 0 Å². The number of amides is 2. The summed E-state index contributed by atoms with van der Waals surface area (Å²) in [7, 11) is -2.04. The van der Waals surface area contributed by atoms with Gasteiger partial charge in [0, 0.05) is 28.5 Å². The second-order valence-corrected chi connectivity index (χ2v) is 14.1. The van der Waals surface area contributed by atoms with Gasteiger partial charge in [0.2, 0.25) is 5.91 Å². The maximum absolute atomic E-state index is 13.6. The number of benzene rings is 2. The fourth-order valence-corrected chi connectivity index (χ4v) is 9.13. The molecule has 2 saturated heterocycles. The third kappa shape index (κ3) is 7.56. The molecule has 0 radical (unpaired) electrons. The van der Waals surface area contributed by atoms with Crippen LogP contribution in [0.25, 0.3) is 10.4 Å². The van der Waals surface area contributed by atoms with Crippen LogP contribution in [-0.2, 0) is 33.7 Å². The Labute approximate surface area is 255 Å². The highest BCUT2D eigenvalue weighted by atomic mass is 32.2. The van der Waals surface area contributed by atoms with Gasteiger partial charge in [-0.3, -0.25) is 9.59 Å². The van der Waals surface area contributed by atoms with E-state index in [1.165, 1.54) is 11.3 Å². The zero-order valence-electron chi connectivity index (χ0n) is 24.0. The molecule has 10 nitrogen and oxygen atoms in total. The summed E-state index contributed by atoms with van der Waals surface area (Å²) in [6, 6.07) is 17.9. The van der Waals surface area contributed by atoms with Gasteiger partial charge in [0.15, 0.2) is 22.7 Å². The van der Waals surface area contributed by atoms with Crippen LogP contribution in [0, 0.1) is 0 Å². The molecular weight excluding hydrogens is 592 g/mol. The molecule has 2 amide bonds. The highest BCUT2D eigenvalue weighted by Crippen LogP contribution is 2.47. The summed E-state index contributed by atoms with van der Waals surface area (Å²) in [4.78, 5) is 32.5. The van der Waals surface area contributed by atoms with Crippen molar-refractivity contribution in [3.05, 3.63) is 65.5 Å². The van der Waals surface area contributed by atoms with Gasteiger partial charge < -0.3 is 19.5 Å². The molecule has 2 aliphatic heterocycles. The van der Waals surface area contributed by atoms with Crippen LogP contribution < -0.4 is 20.3 Å². The lowest BCUT2D eigenvalue weighted by molar-refractivity contribution is -0.200. The van der Waals surface area contributed by atoms with Crippen LogP contribution in [0.1, 0.15) is 49.8 Å². The summed E-state index contributed by atoms with van der Waals surface area (Å²) in [5.41, 5.74) is 3.84. The highest BCUT2D eigenvalue weighted by Gasteiger charge is 2.49. The predicted octanol–water partition coefficient (Wildman–Crippen LogP) is 5.20. The van der Waals surface area contributed by atoms with Gasteiger partial charge in [-0.1, -0.05) is 18.6 Å². The Bertz CT molecular complexity index is 1520. The molecule has 2 aromatic carbocycles. The molecule has 0 bridgehead atoms. The molecule has 1 aromatic heterocycles. The fraction of sp³-hybridized carbons (Fsp3) is 0.419. The van der Waals surface area contributed by atoms with E-state index < -0.39 is 26.8 Å². The number of ether oxygens (including phenoxy) is 3. The van der Waals surface area contributed by atoms with Gasteiger partial charge in [-0.25, -0.2) is 18.7 Å². The monoisotopic (exact) mass is 628 g/mol. The lowest BCUT2D eigenvalue weighted by atomic mass is 9.94. The first-order valence-electron chi connectivity index (χ1n) is 14.3. The minimum Gasteiger partial charge on any atom is -0.497 e. The normalized spacial score (nSPS) is 21.5. The molecule has 0 saturated carbocycles. The van der Waals surface area contributed by atoms with Crippen molar-refractivity contribution < 1.29 is 37.1 Å². The van der Waals surface area contributed by atoms with Crippen molar-refractivity contribution in [1.29, 1.82) is 0 Å². The third-order valence-corrected chi connectivity index (χ3v) is 11.7. The second kappa shape index (κ2) is 13.9. The number of hydrogen-bond acceptors (Lipinski definition) is 9. The first-order chi connectivity index (χ1) is 20.8. The third-order valence-electron chi connectivity index (χ3n) is 7.64. The van der Waals surface area contributed by atoms with E-state index in [4.69, 9.17) is 19.0 Å². The van der Waals surface area contributed by atoms with Gasteiger partial charge in [0.1, 0.15) is 16.2 Å². The van der Waals surface area contributed by atoms with E-state index in [2.05, 4.69) is 10.8 Å². The second-order valence-electron chi connectivity index (χ2n) is 10.6. The topological polar surface area (TPSA) is 129 Å². The molecular formula is C31H36N2O8S2. The molecule has 2 atom stereocenters. The average Bonchev–Trinajstić information content (AvgIpc) is 3.52. The number of carbonyl (C=O) groups is 2. The first-order valence-corrected chi connectivity index (χ1v) is 16.8. The van der Waals surface area contributed by atoms with Gasteiger partial charge in [-0.05, 0) is 79.8 Å². The van der Waals surface area contributed by atoms with Crippen LogP contribution in [0.15, 0.2) is 60.7 Å². The van der Waals surface area contributed by atoms with Gasteiger partial charge in [0.05, 0.1) is 19.3 Å². The molecule has 43 heavy (non-hydrogen) atoms. The molecule has 230 valence electrons. The van der Waals surface area contributed by atoms with Gasteiger partial charge in [-0.2, -0.15) is 0 Å². The van der Waals surface area contributed by atoms with Gasteiger partial charge in [-0.15, -0.1) is 11.3 Å². The van der Waals surface area contributed by atoms with Crippen molar-refractivity contribution in [1.82, 2.24) is 5.48 Å². The minimum absolute atomic E-state index is 0.0280. The molecule has 2 fully saturated rings. The number of thiophene rings is 1. The van der Waals surface area contributed by atoms with Crippen LogP contribution in [0.4, 0.5) is 5.69 Å². The van der Waals surface area contributed by atoms with E-state index in [-0.39, 0.29) is 24.7 Å². The quantitative estimate of drug-likeness (QED) is 0.277. The predicted molar refractivity (Wildman–Crippen MR) is 164 cm³/mol. The minimum atomic E-state index is -3.62. The number of rotatable bonds is 11. The van der Waals surface area contributed by atoms with Crippen molar-refractivity contribution in [2.45, 2.75) is 56.0 Å². The number of hydrogen-bond donors (Lipinski definition) is 2. The summed E-state index contributed by atoms with van der Waals surface area (Å²) < 4.78 is 42.0. The zero-order valence-corrected chi connectivity index (χ0v) is 25.6. The van der Waals surface area contributed by atoms with Crippen molar-refractivity contribution >= 4 is 38.7 Å². The maximum atomic E-state index is 13.6. The van der Waals surface area contributed by atoms with E-state index in [1.807, 2.05) is 24.3 Å². The molecule has 2 N–H and O–H groups in total. The van der Waals surface area contributed by atoms with Crippen LogP contribution in [0.5, 0.6) is 11.5 Å². The fourth-order valence-electron chi connectivity index (χ4n) is 5.35.